The zero-order valence-electron chi connectivity index (χ0n) is 12.5. The van der Waals surface area contributed by atoms with Crippen molar-refractivity contribution in [3.8, 4) is 17.2 Å². The van der Waals surface area contributed by atoms with Crippen LogP contribution in [0, 0.1) is 0 Å². The number of phenolic OH excluding ortho intramolecular Hbond substituents is 1. The molecule has 1 unspecified atom stereocenters. The molecule has 6 nitrogen and oxygen atoms in total. The molecule has 0 aliphatic carbocycles. The number of rotatable bonds is 5. The quantitative estimate of drug-likeness (QED) is 0.874. The van der Waals surface area contributed by atoms with Gasteiger partial charge in [0.15, 0.2) is 21.3 Å². The zero-order chi connectivity index (χ0) is 15.6. The molecule has 0 radical (unpaired) electrons. The lowest BCUT2D eigenvalue weighted by Gasteiger charge is -2.23. The van der Waals surface area contributed by atoms with Gasteiger partial charge in [0.1, 0.15) is 0 Å². The second-order valence-corrected chi connectivity index (χ2v) is 7.55. The molecule has 1 atom stereocenters. The van der Waals surface area contributed by atoms with Crippen molar-refractivity contribution >= 4 is 9.84 Å². The van der Waals surface area contributed by atoms with Gasteiger partial charge in [-0.1, -0.05) is 0 Å². The van der Waals surface area contributed by atoms with Crippen LogP contribution < -0.4 is 9.47 Å². The van der Waals surface area contributed by atoms with E-state index in [0.29, 0.717) is 24.5 Å². The summed E-state index contributed by atoms with van der Waals surface area (Å²) >= 11 is 0. The number of methoxy groups -OCH3 is 2. The SMILES string of the molecule is COc1cc(CN(C)C2CCS(=O)(=O)C2)cc(OC)c1O. The Morgan fingerprint density at radius 3 is 2.29 bits per heavy atom. The number of nitrogens with zero attached hydrogens (tertiary/aromatic N) is 1. The maximum Gasteiger partial charge on any atom is 0.200 e. The fraction of sp³-hybridized carbons (Fsp3) is 0.571. The van der Waals surface area contributed by atoms with Crippen molar-refractivity contribution in [2.24, 2.45) is 0 Å². The van der Waals surface area contributed by atoms with Crippen molar-refractivity contribution in [2.75, 3.05) is 32.8 Å². The highest BCUT2D eigenvalue weighted by Crippen LogP contribution is 2.37. The minimum Gasteiger partial charge on any atom is -0.502 e. The maximum atomic E-state index is 11.5. The fourth-order valence-electron chi connectivity index (χ4n) is 2.58. The van der Waals surface area contributed by atoms with E-state index in [9.17, 15) is 13.5 Å². The van der Waals surface area contributed by atoms with Gasteiger partial charge in [-0.25, -0.2) is 8.42 Å². The van der Waals surface area contributed by atoms with Crippen LogP contribution in [0.3, 0.4) is 0 Å². The molecule has 1 N–H and O–H groups in total. The Bertz CT molecular complexity index is 589. The summed E-state index contributed by atoms with van der Waals surface area (Å²) in [5.41, 5.74) is 0.897. The Balaban J connectivity index is 2.16. The maximum absolute atomic E-state index is 11.5. The van der Waals surface area contributed by atoms with Crippen molar-refractivity contribution in [1.29, 1.82) is 0 Å². The van der Waals surface area contributed by atoms with Crippen LogP contribution in [0.4, 0.5) is 0 Å². The first-order chi connectivity index (χ1) is 9.86. The van der Waals surface area contributed by atoms with Crippen molar-refractivity contribution < 1.29 is 23.0 Å². The number of sulfone groups is 1. The third-order valence-corrected chi connectivity index (χ3v) is 5.55. The van der Waals surface area contributed by atoms with Crippen LogP contribution in [0.2, 0.25) is 0 Å². The van der Waals surface area contributed by atoms with Gasteiger partial charge in [-0.15, -0.1) is 0 Å². The molecular weight excluding hydrogens is 294 g/mol. The molecule has 0 spiro atoms. The lowest BCUT2D eigenvalue weighted by atomic mass is 10.1. The van der Waals surface area contributed by atoms with E-state index >= 15 is 0 Å². The van der Waals surface area contributed by atoms with E-state index in [1.54, 1.807) is 12.1 Å². The summed E-state index contributed by atoms with van der Waals surface area (Å²) in [7, 11) is 1.96. The molecule has 1 heterocycles. The van der Waals surface area contributed by atoms with Crippen molar-refractivity contribution in [3.05, 3.63) is 17.7 Å². The molecular formula is C14H21NO5S. The van der Waals surface area contributed by atoms with Gasteiger partial charge < -0.3 is 14.6 Å². The smallest absolute Gasteiger partial charge is 0.200 e. The minimum absolute atomic E-state index is 0.0285. The number of phenols is 1. The summed E-state index contributed by atoms with van der Waals surface area (Å²) in [4.78, 5) is 2.01. The average molecular weight is 315 g/mol. The van der Waals surface area contributed by atoms with Crippen LogP contribution in [-0.2, 0) is 16.4 Å². The molecule has 2 rings (SSSR count). The van der Waals surface area contributed by atoms with Gasteiger partial charge in [0.2, 0.25) is 5.75 Å². The van der Waals surface area contributed by atoms with E-state index in [-0.39, 0.29) is 23.3 Å². The van der Waals surface area contributed by atoms with Crippen molar-refractivity contribution in [1.82, 2.24) is 4.90 Å². The molecule has 1 aromatic rings. The summed E-state index contributed by atoms with van der Waals surface area (Å²) in [6.45, 7) is 0.563. The summed E-state index contributed by atoms with van der Waals surface area (Å²) < 4.78 is 33.3. The van der Waals surface area contributed by atoms with Gasteiger partial charge in [-0.2, -0.15) is 0 Å². The van der Waals surface area contributed by atoms with Crippen LogP contribution in [0.5, 0.6) is 17.2 Å². The first kappa shape index (κ1) is 15.9. The summed E-state index contributed by atoms with van der Waals surface area (Å²) in [5.74, 6) is 1.11. The van der Waals surface area contributed by atoms with Gasteiger partial charge in [0.25, 0.3) is 0 Å². The van der Waals surface area contributed by atoms with E-state index in [0.717, 1.165) is 5.56 Å². The summed E-state index contributed by atoms with van der Waals surface area (Å²) in [6, 6.07) is 3.50. The zero-order valence-corrected chi connectivity index (χ0v) is 13.3. The Morgan fingerprint density at radius 1 is 1.29 bits per heavy atom. The normalized spacial score (nSPS) is 20.7. The number of ether oxygens (including phenoxy) is 2. The second kappa shape index (κ2) is 6.11. The van der Waals surface area contributed by atoms with E-state index in [1.165, 1.54) is 14.2 Å². The number of benzene rings is 1. The highest BCUT2D eigenvalue weighted by atomic mass is 32.2. The molecule has 1 aliphatic rings. The summed E-state index contributed by atoms with van der Waals surface area (Å²) in [5, 5.41) is 9.88. The van der Waals surface area contributed by atoms with Crippen LogP contribution in [0.25, 0.3) is 0 Å². The molecule has 0 saturated carbocycles. The van der Waals surface area contributed by atoms with Crippen LogP contribution in [-0.4, -0.2) is 57.2 Å². The first-order valence-corrected chi connectivity index (χ1v) is 8.53. The summed E-state index contributed by atoms with van der Waals surface area (Å²) in [6.07, 6.45) is 0.658. The van der Waals surface area contributed by atoms with Crippen LogP contribution >= 0.6 is 0 Å². The van der Waals surface area contributed by atoms with Crippen LogP contribution in [0.15, 0.2) is 12.1 Å². The molecule has 118 valence electrons. The third-order valence-electron chi connectivity index (χ3n) is 3.80. The lowest BCUT2D eigenvalue weighted by molar-refractivity contribution is 0.252. The molecule has 1 saturated heterocycles. The Kier molecular flexibility index (Phi) is 4.63. The Hall–Kier alpha value is -1.47. The lowest BCUT2D eigenvalue weighted by Crippen LogP contribution is -2.32. The average Bonchev–Trinajstić information content (AvgIpc) is 2.80. The van der Waals surface area contributed by atoms with E-state index in [1.807, 2.05) is 11.9 Å². The van der Waals surface area contributed by atoms with Crippen LogP contribution in [0.1, 0.15) is 12.0 Å². The van der Waals surface area contributed by atoms with Crippen molar-refractivity contribution in [2.45, 2.75) is 19.0 Å². The monoisotopic (exact) mass is 315 g/mol. The molecule has 0 bridgehead atoms. The molecule has 21 heavy (non-hydrogen) atoms. The van der Waals surface area contributed by atoms with Crippen molar-refractivity contribution in [3.63, 3.8) is 0 Å². The largest absolute Gasteiger partial charge is 0.502 e. The minimum atomic E-state index is -2.90. The molecule has 7 heteroatoms. The van der Waals surface area contributed by atoms with Gasteiger partial charge in [0.05, 0.1) is 25.7 Å². The highest BCUT2D eigenvalue weighted by Gasteiger charge is 2.30. The van der Waals surface area contributed by atoms with E-state index in [2.05, 4.69) is 0 Å². The van der Waals surface area contributed by atoms with E-state index < -0.39 is 9.84 Å². The number of hydrogen-bond donors (Lipinski definition) is 1. The predicted molar refractivity (Wildman–Crippen MR) is 79.7 cm³/mol. The van der Waals surface area contributed by atoms with Gasteiger partial charge >= 0.3 is 0 Å². The predicted octanol–water partition coefficient (Wildman–Crippen LogP) is 1.03. The van der Waals surface area contributed by atoms with Gasteiger partial charge in [0, 0.05) is 12.6 Å². The second-order valence-electron chi connectivity index (χ2n) is 5.32. The highest BCUT2D eigenvalue weighted by molar-refractivity contribution is 7.91. The van der Waals surface area contributed by atoms with Gasteiger partial charge in [-0.3, -0.25) is 4.90 Å². The molecule has 1 fully saturated rings. The Morgan fingerprint density at radius 2 is 1.86 bits per heavy atom. The first-order valence-electron chi connectivity index (χ1n) is 6.71. The molecule has 0 aromatic heterocycles. The third kappa shape index (κ3) is 3.59. The molecule has 1 aromatic carbocycles. The number of aromatic hydroxyl groups is 1. The molecule has 1 aliphatic heterocycles. The number of hydrogen-bond acceptors (Lipinski definition) is 6. The standard InChI is InChI=1S/C14H21NO5S/c1-15(11-4-5-21(17,18)9-11)8-10-6-12(19-2)14(16)13(7-10)20-3/h6-7,11,16H,4-5,8-9H2,1-3H3. The van der Waals surface area contributed by atoms with Gasteiger partial charge in [-0.05, 0) is 31.2 Å². The Labute approximate surface area is 125 Å². The van der Waals surface area contributed by atoms with E-state index in [4.69, 9.17) is 9.47 Å². The molecule has 0 amide bonds. The fourth-order valence-corrected chi connectivity index (χ4v) is 4.38. The topological polar surface area (TPSA) is 76.1 Å².